The first-order chi connectivity index (χ1) is 10.6. The second kappa shape index (κ2) is 11.5. The number of methoxy groups -OCH3 is 1. The van der Waals surface area contributed by atoms with Crippen LogP contribution in [0.3, 0.4) is 0 Å². The van der Waals surface area contributed by atoms with Crippen molar-refractivity contribution in [2.75, 3.05) is 52.6 Å². The minimum atomic E-state index is -1.36. The van der Waals surface area contributed by atoms with Gasteiger partial charge in [0.05, 0.1) is 39.6 Å². The van der Waals surface area contributed by atoms with Crippen molar-refractivity contribution in [3.63, 3.8) is 0 Å². The molecule has 1 aliphatic rings. The SMILES string of the molecule is COC[C@H]1O[C@H](OCCOCCOCCCl)[C@@H](O)[C@@H](O)[C@@H]1O. The molecule has 0 aromatic carbocycles. The molecule has 1 heterocycles. The average Bonchev–Trinajstić information content (AvgIpc) is 2.52. The zero-order chi connectivity index (χ0) is 16.4. The maximum Gasteiger partial charge on any atom is 0.186 e. The fourth-order valence-corrected chi connectivity index (χ4v) is 2.07. The highest BCUT2D eigenvalue weighted by atomic mass is 35.5. The van der Waals surface area contributed by atoms with Crippen LogP contribution in [0.2, 0.25) is 0 Å². The summed E-state index contributed by atoms with van der Waals surface area (Å²) in [5, 5.41) is 29.3. The summed E-state index contributed by atoms with van der Waals surface area (Å²) in [5.74, 6) is 0.441. The number of alkyl halides is 1. The molecule has 0 saturated carbocycles. The third kappa shape index (κ3) is 6.61. The zero-order valence-electron chi connectivity index (χ0n) is 12.6. The monoisotopic (exact) mass is 344 g/mol. The van der Waals surface area contributed by atoms with E-state index >= 15 is 0 Å². The largest absolute Gasteiger partial charge is 0.387 e. The van der Waals surface area contributed by atoms with E-state index in [2.05, 4.69) is 0 Å². The van der Waals surface area contributed by atoms with Crippen LogP contribution in [0.4, 0.5) is 0 Å². The van der Waals surface area contributed by atoms with Gasteiger partial charge in [0.1, 0.15) is 24.4 Å². The average molecular weight is 345 g/mol. The van der Waals surface area contributed by atoms with Crippen molar-refractivity contribution in [2.45, 2.75) is 30.7 Å². The lowest BCUT2D eigenvalue weighted by Gasteiger charge is -2.39. The van der Waals surface area contributed by atoms with E-state index in [1.807, 2.05) is 0 Å². The summed E-state index contributed by atoms with van der Waals surface area (Å²) in [5.41, 5.74) is 0. The molecule has 9 heteroatoms. The molecule has 0 spiro atoms. The van der Waals surface area contributed by atoms with Crippen LogP contribution in [-0.2, 0) is 23.7 Å². The van der Waals surface area contributed by atoms with Crippen molar-refractivity contribution in [3.05, 3.63) is 0 Å². The van der Waals surface area contributed by atoms with Gasteiger partial charge in [-0.25, -0.2) is 0 Å². The van der Waals surface area contributed by atoms with E-state index in [1.165, 1.54) is 7.11 Å². The highest BCUT2D eigenvalue weighted by Gasteiger charge is 2.44. The molecule has 22 heavy (non-hydrogen) atoms. The summed E-state index contributed by atoms with van der Waals surface area (Å²) in [6.07, 6.45) is -5.74. The van der Waals surface area contributed by atoms with Crippen LogP contribution in [0.25, 0.3) is 0 Å². The lowest BCUT2D eigenvalue weighted by atomic mass is 9.99. The predicted octanol–water partition coefficient (Wildman–Crippen LogP) is -1.27. The van der Waals surface area contributed by atoms with Crippen LogP contribution < -0.4 is 0 Å². The molecular weight excluding hydrogens is 320 g/mol. The van der Waals surface area contributed by atoms with Crippen molar-refractivity contribution in [1.82, 2.24) is 0 Å². The molecular formula is C13H25ClO8. The van der Waals surface area contributed by atoms with Crippen LogP contribution in [0.5, 0.6) is 0 Å². The molecule has 0 unspecified atom stereocenters. The molecule has 0 amide bonds. The van der Waals surface area contributed by atoms with Gasteiger partial charge in [0.25, 0.3) is 0 Å². The summed E-state index contributed by atoms with van der Waals surface area (Å²) >= 11 is 5.45. The van der Waals surface area contributed by atoms with Crippen molar-refractivity contribution < 1.29 is 39.0 Å². The molecule has 0 aliphatic carbocycles. The van der Waals surface area contributed by atoms with E-state index < -0.39 is 30.7 Å². The Morgan fingerprint density at radius 1 is 0.909 bits per heavy atom. The Morgan fingerprint density at radius 2 is 1.55 bits per heavy atom. The van der Waals surface area contributed by atoms with Gasteiger partial charge in [-0.2, -0.15) is 0 Å². The molecule has 0 bridgehead atoms. The summed E-state index contributed by atoms with van der Waals surface area (Å²) < 4.78 is 26.0. The van der Waals surface area contributed by atoms with E-state index in [0.29, 0.717) is 25.7 Å². The predicted molar refractivity (Wildman–Crippen MR) is 76.9 cm³/mol. The minimum absolute atomic E-state index is 0.0826. The fourth-order valence-electron chi connectivity index (χ4n) is 1.96. The van der Waals surface area contributed by atoms with Crippen LogP contribution in [0, 0.1) is 0 Å². The molecule has 1 saturated heterocycles. The van der Waals surface area contributed by atoms with Gasteiger partial charge in [-0.3, -0.25) is 0 Å². The van der Waals surface area contributed by atoms with Gasteiger partial charge in [-0.15, -0.1) is 11.6 Å². The Hall–Kier alpha value is -0.0300. The molecule has 5 atom stereocenters. The number of halogens is 1. The summed E-state index contributed by atoms with van der Waals surface area (Å²) in [7, 11) is 1.45. The van der Waals surface area contributed by atoms with Crippen LogP contribution in [0.15, 0.2) is 0 Å². The Bertz CT molecular complexity index is 283. The maximum atomic E-state index is 9.82. The summed E-state index contributed by atoms with van der Waals surface area (Å²) in [4.78, 5) is 0. The molecule has 0 aromatic heterocycles. The van der Waals surface area contributed by atoms with Gasteiger partial charge < -0.3 is 39.0 Å². The Labute approximate surface area is 134 Å². The number of ether oxygens (including phenoxy) is 5. The number of aliphatic hydroxyl groups excluding tert-OH is 3. The zero-order valence-corrected chi connectivity index (χ0v) is 13.4. The molecule has 8 nitrogen and oxygen atoms in total. The van der Waals surface area contributed by atoms with Crippen molar-refractivity contribution in [3.8, 4) is 0 Å². The van der Waals surface area contributed by atoms with Crippen LogP contribution in [0.1, 0.15) is 0 Å². The topological polar surface area (TPSA) is 107 Å². The molecule has 0 radical (unpaired) electrons. The van der Waals surface area contributed by atoms with Crippen molar-refractivity contribution in [2.24, 2.45) is 0 Å². The Balaban J connectivity index is 2.20. The number of aliphatic hydroxyl groups is 3. The maximum absolute atomic E-state index is 9.82. The van der Waals surface area contributed by atoms with Gasteiger partial charge >= 0.3 is 0 Å². The number of hydrogen-bond donors (Lipinski definition) is 3. The molecule has 1 fully saturated rings. The van der Waals surface area contributed by atoms with Crippen molar-refractivity contribution >= 4 is 11.6 Å². The molecule has 1 rings (SSSR count). The molecule has 1 aliphatic heterocycles. The third-order valence-corrected chi connectivity index (χ3v) is 3.26. The van der Waals surface area contributed by atoms with E-state index in [-0.39, 0.29) is 19.8 Å². The van der Waals surface area contributed by atoms with Crippen LogP contribution in [-0.4, -0.2) is 98.7 Å². The highest BCUT2D eigenvalue weighted by molar-refractivity contribution is 6.17. The van der Waals surface area contributed by atoms with Gasteiger partial charge in [0.15, 0.2) is 6.29 Å². The summed E-state index contributed by atoms with van der Waals surface area (Å²) in [6.45, 7) is 1.85. The van der Waals surface area contributed by atoms with E-state index in [1.54, 1.807) is 0 Å². The van der Waals surface area contributed by atoms with E-state index in [9.17, 15) is 15.3 Å². The lowest BCUT2D eigenvalue weighted by molar-refractivity contribution is -0.303. The first-order valence-electron chi connectivity index (χ1n) is 7.13. The van der Waals surface area contributed by atoms with Gasteiger partial charge in [0, 0.05) is 13.0 Å². The normalized spacial score (nSPS) is 32.3. The Morgan fingerprint density at radius 3 is 2.18 bits per heavy atom. The molecule has 132 valence electrons. The standard InChI is InChI=1S/C13H25ClO8/c1-18-8-9-10(15)11(16)12(17)13(22-9)21-7-6-20-5-4-19-3-2-14/h9-13,15-17H,2-8H2,1H3/t9-,10-,11+,12+,13+/m1/s1. The minimum Gasteiger partial charge on any atom is -0.387 e. The van der Waals surface area contributed by atoms with E-state index in [0.717, 1.165) is 0 Å². The molecule has 0 aromatic rings. The second-order valence-corrected chi connectivity index (χ2v) is 5.13. The second-order valence-electron chi connectivity index (χ2n) is 4.75. The number of hydrogen-bond acceptors (Lipinski definition) is 8. The summed E-state index contributed by atoms with van der Waals surface area (Å²) in [6, 6.07) is 0. The fraction of sp³-hybridized carbons (Fsp3) is 1.00. The number of rotatable bonds is 11. The first kappa shape index (κ1) is 20.0. The highest BCUT2D eigenvalue weighted by Crippen LogP contribution is 2.22. The van der Waals surface area contributed by atoms with E-state index in [4.69, 9.17) is 35.3 Å². The van der Waals surface area contributed by atoms with Gasteiger partial charge in [0.2, 0.25) is 0 Å². The third-order valence-electron chi connectivity index (χ3n) is 3.10. The smallest absolute Gasteiger partial charge is 0.186 e. The Kier molecular flexibility index (Phi) is 10.5. The van der Waals surface area contributed by atoms with Gasteiger partial charge in [-0.1, -0.05) is 0 Å². The van der Waals surface area contributed by atoms with Crippen LogP contribution >= 0.6 is 11.6 Å². The first-order valence-corrected chi connectivity index (χ1v) is 7.67. The quantitative estimate of drug-likeness (QED) is 0.314. The van der Waals surface area contributed by atoms with Crippen molar-refractivity contribution in [1.29, 1.82) is 0 Å². The van der Waals surface area contributed by atoms with Gasteiger partial charge in [-0.05, 0) is 0 Å². The molecule has 3 N–H and O–H groups in total. The lowest BCUT2D eigenvalue weighted by Crippen LogP contribution is -2.59.